The molecule has 0 aliphatic heterocycles. The van der Waals surface area contributed by atoms with Gasteiger partial charge >= 0.3 is 0 Å². The van der Waals surface area contributed by atoms with Gasteiger partial charge in [-0.15, -0.1) is 16.8 Å². The van der Waals surface area contributed by atoms with Crippen molar-refractivity contribution in [3.8, 4) is 11.5 Å². The van der Waals surface area contributed by atoms with Crippen LogP contribution >= 0.6 is 11.8 Å². The summed E-state index contributed by atoms with van der Waals surface area (Å²) >= 11 is 1.27. The average Bonchev–Trinajstić information content (AvgIpc) is 3.27. The van der Waals surface area contributed by atoms with Gasteiger partial charge in [0.1, 0.15) is 0 Å². The number of ether oxygens (including phenoxy) is 2. The Bertz CT molecular complexity index is 1210. The lowest BCUT2D eigenvalue weighted by Crippen LogP contribution is -2.25. The summed E-state index contributed by atoms with van der Waals surface area (Å²) < 4.78 is 12.3. The number of nitrogens with one attached hydrogen (secondary N) is 2. The number of benzene rings is 2. The highest BCUT2D eigenvalue weighted by Gasteiger charge is 2.16. The van der Waals surface area contributed by atoms with Gasteiger partial charge in [-0.3, -0.25) is 9.59 Å². The van der Waals surface area contributed by atoms with Gasteiger partial charge in [-0.25, -0.2) is 0 Å². The van der Waals surface area contributed by atoms with Gasteiger partial charge in [0.05, 0.1) is 26.5 Å². The second kappa shape index (κ2) is 12.8. The summed E-state index contributed by atoms with van der Waals surface area (Å²) in [5.41, 5.74) is 2.39. The molecule has 0 saturated heterocycles. The van der Waals surface area contributed by atoms with E-state index in [1.807, 2.05) is 28.8 Å². The smallest absolute Gasteiger partial charge is 0.251 e. The van der Waals surface area contributed by atoms with Crippen LogP contribution in [0.25, 0.3) is 0 Å². The van der Waals surface area contributed by atoms with E-state index in [2.05, 4.69) is 41.3 Å². The number of amides is 2. The topological polar surface area (TPSA) is 107 Å². The van der Waals surface area contributed by atoms with Gasteiger partial charge in [-0.1, -0.05) is 43.8 Å². The highest BCUT2D eigenvalue weighted by molar-refractivity contribution is 7.99. The van der Waals surface area contributed by atoms with Crippen LogP contribution in [0.4, 0.5) is 5.69 Å². The van der Waals surface area contributed by atoms with Crippen LogP contribution < -0.4 is 20.1 Å². The number of aromatic nitrogens is 3. The number of anilines is 1. The number of thioether (sulfide) groups is 1. The fraction of sp³-hybridized carbons (Fsp3) is 0.308. The van der Waals surface area contributed by atoms with Crippen molar-refractivity contribution < 1.29 is 19.1 Å². The van der Waals surface area contributed by atoms with Crippen molar-refractivity contribution in [1.29, 1.82) is 0 Å². The number of allylic oxidation sites excluding steroid dienone is 1. The molecule has 0 unspecified atom stereocenters. The standard InChI is InChI=1S/C26H31N5O4S/c1-6-13-31-23(15-27-25(33)19-9-12-21(34-4)22(14-19)35-5)29-30-26(31)36-16-24(32)28-20-10-7-18(8-11-20)17(2)3/h6-12,14,17H,1,13,15-16H2,2-5H3,(H,27,33)(H,28,32). The minimum absolute atomic E-state index is 0.145. The predicted molar refractivity (Wildman–Crippen MR) is 141 cm³/mol. The third-order valence-electron chi connectivity index (χ3n) is 5.35. The molecule has 190 valence electrons. The molecule has 0 radical (unpaired) electrons. The molecule has 0 saturated carbocycles. The molecule has 1 heterocycles. The number of rotatable bonds is 12. The first kappa shape index (κ1) is 26.8. The quantitative estimate of drug-likeness (QED) is 0.277. The van der Waals surface area contributed by atoms with Crippen LogP contribution in [0.5, 0.6) is 11.5 Å². The first-order valence-corrected chi connectivity index (χ1v) is 12.4. The monoisotopic (exact) mass is 509 g/mol. The largest absolute Gasteiger partial charge is 0.493 e. The third-order valence-corrected chi connectivity index (χ3v) is 6.32. The molecule has 36 heavy (non-hydrogen) atoms. The first-order valence-electron chi connectivity index (χ1n) is 11.4. The molecule has 2 aromatic carbocycles. The zero-order valence-corrected chi connectivity index (χ0v) is 21.7. The van der Waals surface area contributed by atoms with E-state index in [9.17, 15) is 9.59 Å². The summed E-state index contributed by atoms with van der Waals surface area (Å²) in [6.45, 7) is 8.63. The van der Waals surface area contributed by atoms with Crippen molar-refractivity contribution in [3.05, 3.63) is 72.1 Å². The Labute approximate surface area is 215 Å². The molecule has 0 bridgehead atoms. The number of hydrogen-bond acceptors (Lipinski definition) is 7. The van der Waals surface area contributed by atoms with Crippen LogP contribution in [-0.2, 0) is 17.9 Å². The van der Waals surface area contributed by atoms with E-state index in [-0.39, 0.29) is 24.1 Å². The Morgan fingerprint density at radius 3 is 2.44 bits per heavy atom. The highest BCUT2D eigenvalue weighted by atomic mass is 32.2. The molecular weight excluding hydrogens is 478 g/mol. The number of hydrogen-bond donors (Lipinski definition) is 2. The van der Waals surface area contributed by atoms with Gasteiger partial charge in [0.15, 0.2) is 22.5 Å². The molecule has 0 aliphatic carbocycles. The molecule has 9 nitrogen and oxygen atoms in total. The second-order valence-electron chi connectivity index (χ2n) is 8.16. The summed E-state index contributed by atoms with van der Waals surface area (Å²) in [5.74, 6) is 1.72. The zero-order valence-electron chi connectivity index (χ0n) is 20.9. The molecule has 0 fully saturated rings. The van der Waals surface area contributed by atoms with Crippen molar-refractivity contribution >= 4 is 29.3 Å². The molecule has 3 rings (SSSR count). The molecule has 0 aliphatic rings. The van der Waals surface area contributed by atoms with Gasteiger partial charge in [-0.2, -0.15) is 0 Å². The van der Waals surface area contributed by atoms with E-state index in [4.69, 9.17) is 9.47 Å². The number of nitrogens with zero attached hydrogens (tertiary/aromatic N) is 3. The summed E-state index contributed by atoms with van der Waals surface area (Å²) in [5, 5.41) is 14.7. The highest BCUT2D eigenvalue weighted by Crippen LogP contribution is 2.27. The van der Waals surface area contributed by atoms with Crippen LogP contribution in [0.3, 0.4) is 0 Å². The average molecular weight is 510 g/mol. The Balaban J connectivity index is 1.60. The summed E-state index contributed by atoms with van der Waals surface area (Å²) in [4.78, 5) is 25.1. The molecule has 2 N–H and O–H groups in total. The minimum atomic E-state index is -0.291. The van der Waals surface area contributed by atoms with Crippen LogP contribution in [0.15, 0.2) is 60.3 Å². The zero-order chi connectivity index (χ0) is 26.1. The second-order valence-corrected chi connectivity index (χ2v) is 9.11. The van der Waals surface area contributed by atoms with Crippen LogP contribution in [0, 0.1) is 0 Å². The van der Waals surface area contributed by atoms with E-state index in [1.165, 1.54) is 31.5 Å². The molecule has 10 heteroatoms. The van der Waals surface area contributed by atoms with Gasteiger partial charge < -0.3 is 24.7 Å². The maximum atomic E-state index is 12.7. The molecule has 0 atom stereocenters. The minimum Gasteiger partial charge on any atom is -0.493 e. The lowest BCUT2D eigenvalue weighted by atomic mass is 10.0. The summed E-state index contributed by atoms with van der Waals surface area (Å²) in [7, 11) is 3.05. The van der Waals surface area contributed by atoms with Crippen molar-refractivity contribution in [2.75, 3.05) is 25.3 Å². The van der Waals surface area contributed by atoms with Crippen LogP contribution in [0.2, 0.25) is 0 Å². The predicted octanol–water partition coefficient (Wildman–Crippen LogP) is 4.27. The fourth-order valence-corrected chi connectivity index (χ4v) is 4.15. The molecule has 0 spiro atoms. The van der Waals surface area contributed by atoms with Crippen molar-refractivity contribution in [1.82, 2.24) is 20.1 Å². The number of carbonyl (C=O) groups excluding carboxylic acids is 2. The van der Waals surface area contributed by atoms with Crippen molar-refractivity contribution in [2.24, 2.45) is 0 Å². The van der Waals surface area contributed by atoms with Crippen LogP contribution in [0.1, 0.15) is 41.5 Å². The summed E-state index contributed by atoms with van der Waals surface area (Å²) in [6, 6.07) is 12.8. The van der Waals surface area contributed by atoms with Crippen LogP contribution in [-0.4, -0.2) is 46.6 Å². The van der Waals surface area contributed by atoms with Crippen molar-refractivity contribution in [3.63, 3.8) is 0 Å². The SMILES string of the molecule is C=CCn1c(CNC(=O)c2ccc(OC)c(OC)c2)nnc1SCC(=O)Nc1ccc(C(C)C)cc1. The maximum absolute atomic E-state index is 12.7. The van der Waals surface area contributed by atoms with E-state index >= 15 is 0 Å². The van der Waals surface area contributed by atoms with E-state index < -0.39 is 0 Å². The molecular formula is C26H31N5O4S. The normalized spacial score (nSPS) is 10.7. The van der Waals surface area contributed by atoms with Gasteiger partial charge in [0.25, 0.3) is 5.91 Å². The van der Waals surface area contributed by atoms with E-state index in [0.717, 1.165) is 5.69 Å². The van der Waals surface area contributed by atoms with Gasteiger partial charge in [0, 0.05) is 17.8 Å². The maximum Gasteiger partial charge on any atom is 0.251 e. The number of carbonyl (C=O) groups is 2. The number of methoxy groups -OCH3 is 2. The lowest BCUT2D eigenvalue weighted by molar-refractivity contribution is -0.113. The van der Waals surface area contributed by atoms with Crippen molar-refractivity contribution in [2.45, 2.75) is 38.0 Å². The van der Waals surface area contributed by atoms with E-state index in [1.54, 1.807) is 24.3 Å². The Hall–Kier alpha value is -3.79. The van der Waals surface area contributed by atoms with E-state index in [0.29, 0.717) is 40.5 Å². The Morgan fingerprint density at radius 2 is 1.81 bits per heavy atom. The van der Waals surface area contributed by atoms with Gasteiger partial charge in [0.2, 0.25) is 5.91 Å². The molecule has 3 aromatic rings. The first-order chi connectivity index (χ1) is 17.4. The van der Waals surface area contributed by atoms with Gasteiger partial charge in [-0.05, 0) is 41.8 Å². The summed E-state index contributed by atoms with van der Waals surface area (Å²) in [6.07, 6.45) is 1.71. The Kier molecular flexibility index (Phi) is 9.52. The fourth-order valence-electron chi connectivity index (χ4n) is 3.39. The molecule has 1 aromatic heterocycles. The lowest BCUT2D eigenvalue weighted by Gasteiger charge is -2.11. The Morgan fingerprint density at radius 1 is 1.08 bits per heavy atom. The molecule has 2 amide bonds. The third kappa shape index (κ3) is 6.88.